The van der Waals surface area contributed by atoms with E-state index in [4.69, 9.17) is 9.47 Å². The van der Waals surface area contributed by atoms with Crippen molar-refractivity contribution in [3.05, 3.63) is 71.0 Å². The van der Waals surface area contributed by atoms with Gasteiger partial charge in [-0.1, -0.05) is 42.0 Å². The fraction of sp³-hybridized carbons (Fsp3) is 0.190. The highest BCUT2D eigenvalue weighted by molar-refractivity contribution is 6.14. The summed E-state index contributed by atoms with van der Waals surface area (Å²) in [6.45, 7) is 3.89. The number of aromatic amines is 1. The van der Waals surface area contributed by atoms with Gasteiger partial charge in [0.25, 0.3) is 0 Å². The Labute approximate surface area is 157 Å². The summed E-state index contributed by atoms with van der Waals surface area (Å²) in [4.78, 5) is 25.4. The molecule has 0 saturated heterocycles. The molecule has 0 unspecified atom stereocenters. The van der Waals surface area contributed by atoms with Crippen LogP contribution in [0.15, 0.2) is 48.5 Å². The topological polar surface area (TPSA) is 81.3 Å². The van der Waals surface area contributed by atoms with E-state index in [0.717, 1.165) is 5.56 Å². The second kappa shape index (κ2) is 7.86. The van der Waals surface area contributed by atoms with Gasteiger partial charge in [-0.15, -0.1) is 0 Å². The highest BCUT2D eigenvalue weighted by atomic mass is 16.5. The van der Waals surface area contributed by atoms with Crippen molar-refractivity contribution in [2.45, 2.75) is 13.8 Å². The van der Waals surface area contributed by atoms with Crippen LogP contribution in [0.4, 0.5) is 0 Å². The van der Waals surface area contributed by atoms with Crippen molar-refractivity contribution in [3.63, 3.8) is 0 Å². The average molecular weight is 364 g/mol. The Morgan fingerprint density at radius 3 is 2.30 bits per heavy atom. The number of carbonyl (C=O) groups excluding carboxylic acids is 2. The van der Waals surface area contributed by atoms with Crippen molar-refractivity contribution < 1.29 is 19.1 Å². The summed E-state index contributed by atoms with van der Waals surface area (Å²) in [5, 5.41) is 6.80. The molecule has 27 heavy (non-hydrogen) atoms. The lowest BCUT2D eigenvalue weighted by atomic mass is 9.97. The van der Waals surface area contributed by atoms with Crippen LogP contribution in [0.5, 0.6) is 5.75 Å². The van der Waals surface area contributed by atoms with Crippen LogP contribution in [-0.2, 0) is 4.74 Å². The predicted octanol–water partition coefficient (Wildman–Crippen LogP) is 3.80. The van der Waals surface area contributed by atoms with Gasteiger partial charge in [0.1, 0.15) is 11.4 Å². The smallest absolute Gasteiger partial charge is 0.357 e. The van der Waals surface area contributed by atoms with Gasteiger partial charge in [-0.05, 0) is 31.5 Å². The quantitative estimate of drug-likeness (QED) is 0.531. The molecule has 0 atom stereocenters. The normalized spacial score (nSPS) is 10.5. The Morgan fingerprint density at radius 1 is 1.04 bits per heavy atom. The van der Waals surface area contributed by atoms with Crippen LogP contribution >= 0.6 is 0 Å². The maximum absolute atomic E-state index is 13.0. The molecule has 0 fully saturated rings. The number of aryl methyl sites for hydroxylation is 1. The molecule has 2 aromatic carbocycles. The van der Waals surface area contributed by atoms with Crippen LogP contribution < -0.4 is 4.74 Å². The number of esters is 1. The summed E-state index contributed by atoms with van der Waals surface area (Å²) >= 11 is 0. The van der Waals surface area contributed by atoms with Crippen molar-refractivity contribution in [2.24, 2.45) is 0 Å². The first kappa shape index (κ1) is 18.4. The molecule has 0 radical (unpaired) electrons. The molecule has 0 bridgehead atoms. The van der Waals surface area contributed by atoms with Gasteiger partial charge in [-0.25, -0.2) is 4.79 Å². The molecular formula is C21H20N2O4. The van der Waals surface area contributed by atoms with Crippen LogP contribution in [0.3, 0.4) is 0 Å². The molecule has 6 heteroatoms. The van der Waals surface area contributed by atoms with E-state index in [9.17, 15) is 9.59 Å². The molecule has 3 rings (SSSR count). The van der Waals surface area contributed by atoms with Crippen molar-refractivity contribution in [3.8, 4) is 16.9 Å². The standard InChI is InChI=1S/C21H20N2O4/c1-4-27-21(25)19-17(14-9-11-16(26-3)12-10-14)18(22-23-19)20(24)15-7-5-13(2)6-8-15/h5-12H,4H2,1-3H3,(H,22,23). The molecule has 0 aliphatic carbocycles. The van der Waals surface area contributed by atoms with E-state index in [1.54, 1.807) is 50.4 Å². The van der Waals surface area contributed by atoms with Crippen LogP contribution in [0.1, 0.15) is 39.0 Å². The average Bonchev–Trinajstić information content (AvgIpc) is 3.13. The number of methoxy groups -OCH3 is 1. The number of ether oxygens (including phenoxy) is 2. The zero-order valence-electron chi connectivity index (χ0n) is 15.4. The maximum atomic E-state index is 13.0. The second-order valence-electron chi connectivity index (χ2n) is 5.97. The van der Waals surface area contributed by atoms with Gasteiger partial charge in [-0.2, -0.15) is 5.10 Å². The fourth-order valence-corrected chi connectivity index (χ4v) is 2.74. The minimum atomic E-state index is -0.557. The minimum absolute atomic E-state index is 0.150. The number of nitrogens with zero attached hydrogens (tertiary/aromatic N) is 1. The molecule has 0 aliphatic heterocycles. The Bertz CT molecular complexity index is 957. The van der Waals surface area contributed by atoms with Gasteiger partial charge < -0.3 is 9.47 Å². The number of benzene rings is 2. The first-order valence-corrected chi connectivity index (χ1v) is 8.56. The molecule has 0 amide bonds. The van der Waals surface area contributed by atoms with E-state index in [1.165, 1.54) is 0 Å². The largest absolute Gasteiger partial charge is 0.497 e. The zero-order valence-corrected chi connectivity index (χ0v) is 15.4. The summed E-state index contributed by atoms with van der Waals surface area (Å²) in [7, 11) is 1.57. The van der Waals surface area contributed by atoms with E-state index >= 15 is 0 Å². The molecule has 138 valence electrons. The number of rotatable bonds is 6. The van der Waals surface area contributed by atoms with Crippen LogP contribution in [0, 0.1) is 6.92 Å². The van der Waals surface area contributed by atoms with E-state index in [2.05, 4.69) is 10.2 Å². The molecule has 0 saturated carbocycles. The molecule has 1 aromatic heterocycles. The summed E-state index contributed by atoms with van der Waals surface area (Å²) in [5.74, 6) is -0.155. The lowest BCUT2D eigenvalue weighted by molar-refractivity contribution is 0.0520. The summed E-state index contributed by atoms with van der Waals surface area (Å²) in [5.41, 5.74) is 2.96. The van der Waals surface area contributed by atoms with Crippen LogP contribution in [-0.4, -0.2) is 35.7 Å². The predicted molar refractivity (Wildman–Crippen MR) is 101 cm³/mol. The monoisotopic (exact) mass is 364 g/mol. The number of carbonyl (C=O) groups is 2. The Kier molecular flexibility index (Phi) is 5.35. The number of hydrogen-bond donors (Lipinski definition) is 1. The lowest BCUT2D eigenvalue weighted by Crippen LogP contribution is -2.08. The van der Waals surface area contributed by atoms with Gasteiger partial charge in [0.05, 0.1) is 13.7 Å². The summed E-state index contributed by atoms with van der Waals surface area (Å²) in [6, 6.07) is 14.3. The number of H-pyrrole nitrogens is 1. The van der Waals surface area contributed by atoms with Crippen molar-refractivity contribution in [2.75, 3.05) is 13.7 Å². The number of ketones is 1. The van der Waals surface area contributed by atoms with Gasteiger partial charge in [0.15, 0.2) is 5.69 Å². The van der Waals surface area contributed by atoms with Gasteiger partial charge in [0, 0.05) is 11.1 Å². The minimum Gasteiger partial charge on any atom is -0.497 e. The molecule has 0 aliphatic rings. The first-order chi connectivity index (χ1) is 13.0. The SMILES string of the molecule is CCOC(=O)c1[nH]nc(C(=O)c2ccc(C)cc2)c1-c1ccc(OC)cc1. The summed E-state index contributed by atoms with van der Waals surface area (Å²) < 4.78 is 10.3. The third-order valence-corrected chi connectivity index (χ3v) is 4.15. The second-order valence-corrected chi connectivity index (χ2v) is 5.97. The van der Waals surface area contributed by atoms with Gasteiger partial charge >= 0.3 is 5.97 Å². The van der Waals surface area contributed by atoms with Crippen molar-refractivity contribution in [1.29, 1.82) is 0 Å². The number of aromatic nitrogens is 2. The third kappa shape index (κ3) is 3.74. The fourth-order valence-electron chi connectivity index (χ4n) is 2.74. The third-order valence-electron chi connectivity index (χ3n) is 4.15. The lowest BCUT2D eigenvalue weighted by Gasteiger charge is -2.07. The van der Waals surface area contributed by atoms with Crippen LogP contribution in [0.25, 0.3) is 11.1 Å². The van der Waals surface area contributed by atoms with Gasteiger partial charge in [0.2, 0.25) is 5.78 Å². The Balaban J connectivity index is 2.11. The van der Waals surface area contributed by atoms with E-state index in [0.29, 0.717) is 22.4 Å². The number of nitrogens with one attached hydrogen (secondary N) is 1. The summed E-state index contributed by atoms with van der Waals surface area (Å²) in [6.07, 6.45) is 0. The molecule has 1 N–H and O–H groups in total. The molecule has 1 heterocycles. The molecule has 3 aromatic rings. The first-order valence-electron chi connectivity index (χ1n) is 8.56. The molecule has 6 nitrogen and oxygen atoms in total. The van der Waals surface area contributed by atoms with Crippen LogP contribution in [0.2, 0.25) is 0 Å². The molecule has 0 spiro atoms. The highest BCUT2D eigenvalue weighted by Crippen LogP contribution is 2.30. The Morgan fingerprint density at radius 2 is 1.70 bits per heavy atom. The van der Waals surface area contributed by atoms with E-state index in [-0.39, 0.29) is 23.8 Å². The zero-order chi connectivity index (χ0) is 19.4. The highest BCUT2D eigenvalue weighted by Gasteiger charge is 2.26. The van der Waals surface area contributed by atoms with Crippen molar-refractivity contribution in [1.82, 2.24) is 10.2 Å². The maximum Gasteiger partial charge on any atom is 0.357 e. The van der Waals surface area contributed by atoms with Gasteiger partial charge in [-0.3, -0.25) is 9.89 Å². The van der Waals surface area contributed by atoms with E-state index in [1.807, 2.05) is 19.1 Å². The molecular weight excluding hydrogens is 344 g/mol. The van der Waals surface area contributed by atoms with E-state index < -0.39 is 5.97 Å². The van der Waals surface area contributed by atoms with Crippen molar-refractivity contribution >= 4 is 11.8 Å². The number of hydrogen-bond acceptors (Lipinski definition) is 5. The Hall–Kier alpha value is -3.41.